The van der Waals surface area contributed by atoms with Gasteiger partial charge in [-0.15, -0.1) is 22.3 Å². The lowest BCUT2D eigenvalue weighted by molar-refractivity contribution is 0.126. The molecule has 0 saturated heterocycles. The van der Waals surface area contributed by atoms with Crippen molar-refractivity contribution in [2.75, 3.05) is 13.2 Å². The van der Waals surface area contributed by atoms with Crippen LogP contribution in [0.1, 0.15) is 50.5 Å². The second kappa shape index (κ2) is 15.4. The van der Waals surface area contributed by atoms with Crippen LogP contribution in [0.4, 0.5) is 0 Å². The van der Waals surface area contributed by atoms with Crippen LogP contribution in [-0.4, -0.2) is 52.2 Å². The van der Waals surface area contributed by atoms with E-state index in [0.29, 0.717) is 45.5 Å². The van der Waals surface area contributed by atoms with Crippen LogP contribution in [0.5, 0.6) is 0 Å². The zero-order valence-corrected chi connectivity index (χ0v) is 29.1. The molecule has 0 N–H and O–H groups in total. The summed E-state index contributed by atoms with van der Waals surface area (Å²) in [5, 5.41) is 10.1. The van der Waals surface area contributed by atoms with Gasteiger partial charge in [-0.25, -0.2) is 19.3 Å². The van der Waals surface area contributed by atoms with Gasteiger partial charge in [0.15, 0.2) is 13.2 Å². The molecule has 0 atom stereocenters. The molecule has 12 heteroatoms. The van der Waals surface area contributed by atoms with Crippen molar-refractivity contribution in [1.29, 1.82) is 0 Å². The predicted molar refractivity (Wildman–Crippen MR) is 193 cm³/mol. The lowest BCUT2D eigenvalue weighted by Crippen LogP contribution is -2.32. The smallest absolute Gasteiger partial charge is 0.296 e. The molecule has 0 aliphatic rings. The van der Waals surface area contributed by atoms with E-state index in [-0.39, 0.29) is 24.3 Å². The first-order chi connectivity index (χ1) is 24.0. The molecule has 6 rings (SSSR count). The van der Waals surface area contributed by atoms with Crippen LogP contribution in [0.25, 0.3) is 33.7 Å². The summed E-state index contributed by atoms with van der Waals surface area (Å²) in [5.74, 6) is 6.28. The molecule has 6 aromatic rings. The van der Waals surface area contributed by atoms with Crippen LogP contribution in [0, 0.1) is 50.4 Å². The van der Waals surface area contributed by atoms with Gasteiger partial charge in [-0.3, -0.25) is 9.59 Å². The highest BCUT2D eigenvalue weighted by molar-refractivity contribution is 5.78. The zero-order chi connectivity index (χ0) is 35.9. The minimum Gasteiger partial charge on any atom is -0.394 e. The Morgan fingerprint density at radius 1 is 0.700 bits per heavy atom. The third-order valence-electron chi connectivity index (χ3n) is 7.45. The van der Waals surface area contributed by atoms with Gasteiger partial charge >= 0.3 is 0 Å². The average Bonchev–Trinajstić information content (AvgIpc) is 3.63. The third-order valence-corrected chi connectivity index (χ3v) is 7.45. The third kappa shape index (κ3) is 7.61. The summed E-state index contributed by atoms with van der Waals surface area (Å²) in [6, 6.07) is 18.3. The number of fused-ring (bicyclic) bond motifs is 2. The fourth-order valence-corrected chi connectivity index (χ4v) is 5.46. The first kappa shape index (κ1) is 35.2. The van der Waals surface area contributed by atoms with Crippen LogP contribution in [0.3, 0.4) is 0 Å². The van der Waals surface area contributed by atoms with Crippen LogP contribution in [-0.2, 0) is 12.8 Å². The molecule has 0 amide bonds. The molecule has 0 saturated carbocycles. The van der Waals surface area contributed by atoms with E-state index in [9.17, 15) is 9.59 Å². The van der Waals surface area contributed by atoms with E-state index in [1.165, 1.54) is 0 Å². The number of aromatic nitrogens is 8. The number of nitrogens with zero attached hydrogens (tertiary/aromatic N) is 8. The lowest BCUT2D eigenvalue weighted by Gasteiger charge is -2.15. The molecule has 4 heterocycles. The molecular weight excluding hydrogens is 632 g/mol. The Morgan fingerprint density at radius 2 is 1.20 bits per heavy atom. The lowest BCUT2D eigenvalue weighted by atomic mass is 10.1. The van der Waals surface area contributed by atoms with E-state index in [1.54, 1.807) is 45.8 Å². The highest BCUT2D eigenvalue weighted by Crippen LogP contribution is 2.17. The van der Waals surface area contributed by atoms with E-state index >= 15 is 0 Å². The first-order valence-corrected chi connectivity index (χ1v) is 16.3. The number of benzene rings is 2. The van der Waals surface area contributed by atoms with Crippen molar-refractivity contribution in [1.82, 2.24) is 39.0 Å². The van der Waals surface area contributed by atoms with Crippen LogP contribution < -0.4 is 20.8 Å². The first-order valence-electron chi connectivity index (χ1n) is 16.3. The Bertz CT molecular complexity index is 2350. The molecule has 0 bridgehead atoms. The van der Waals surface area contributed by atoms with Crippen LogP contribution in [0.15, 0.2) is 70.3 Å². The van der Waals surface area contributed by atoms with Gasteiger partial charge in [0, 0.05) is 11.4 Å². The maximum Gasteiger partial charge on any atom is 0.296 e. The maximum atomic E-state index is 12.9. The van der Waals surface area contributed by atoms with E-state index in [1.807, 2.05) is 38.1 Å². The Hall–Kier alpha value is -6.14. The Balaban J connectivity index is 0.000000194. The number of hydrogen-bond donors (Lipinski definition) is 0. The fourth-order valence-electron chi connectivity index (χ4n) is 5.46. The number of terminal acetylenes is 2. The molecule has 0 aliphatic carbocycles. The van der Waals surface area contributed by atoms with Gasteiger partial charge < -0.3 is 9.68 Å². The molecule has 0 aliphatic heterocycles. The minimum absolute atomic E-state index is 0.0350. The second-order valence-corrected chi connectivity index (χ2v) is 12.6. The molecule has 0 unspecified atom stereocenters. The summed E-state index contributed by atoms with van der Waals surface area (Å²) in [4.78, 5) is 45.8. The number of para-hydroxylation sites is 2. The van der Waals surface area contributed by atoms with Gasteiger partial charge in [0.2, 0.25) is 0 Å². The van der Waals surface area contributed by atoms with E-state index < -0.39 is 0 Å². The van der Waals surface area contributed by atoms with E-state index in [0.717, 1.165) is 45.1 Å². The highest BCUT2D eigenvalue weighted by atomic mass is 16.7. The predicted octanol–water partition coefficient (Wildman–Crippen LogP) is 4.30. The number of rotatable bonds is 10. The van der Waals surface area contributed by atoms with Gasteiger partial charge in [-0.1, -0.05) is 63.8 Å². The summed E-state index contributed by atoms with van der Waals surface area (Å²) < 4.78 is 5.56. The molecule has 0 fully saturated rings. The van der Waals surface area contributed by atoms with Crippen molar-refractivity contribution in [3.63, 3.8) is 0 Å². The van der Waals surface area contributed by atoms with Crippen LogP contribution in [0.2, 0.25) is 0 Å². The van der Waals surface area contributed by atoms with Gasteiger partial charge in [0.1, 0.15) is 0 Å². The van der Waals surface area contributed by atoms with Crippen molar-refractivity contribution in [3.8, 4) is 36.6 Å². The van der Waals surface area contributed by atoms with Gasteiger partial charge in [0.25, 0.3) is 23.0 Å². The maximum absolute atomic E-state index is 12.9. The molecule has 12 nitrogen and oxygen atoms in total. The Morgan fingerprint density at radius 3 is 1.70 bits per heavy atom. The van der Waals surface area contributed by atoms with Gasteiger partial charge in [-0.2, -0.15) is 10.2 Å². The Kier molecular flexibility index (Phi) is 10.8. The largest absolute Gasteiger partial charge is 0.394 e. The Labute approximate surface area is 290 Å². The number of hydrogen-bond acceptors (Lipinski definition) is 8. The molecular formula is C38H40N8O4. The van der Waals surface area contributed by atoms with Crippen LogP contribution >= 0.6 is 0 Å². The van der Waals surface area contributed by atoms with Gasteiger partial charge in [-0.05, 0) is 74.9 Å². The summed E-state index contributed by atoms with van der Waals surface area (Å²) in [7, 11) is 0. The molecule has 0 spiro atoms. The summed E-state index contributed by atoms with van der Waals surface area (Å²) in [6.45, 7) is 12.3. The normalized spacial score (nSPS) is 11.0. The molecule has 4 aromatic heterocycles. The molecule has 0 radical (unpaired) electrons. The van der Waals surface area contributed by atoms with E-state index in [4.69, 9.17) is 22.5 Å². The minimum atomic E-state index is -0.309. The standard InChI is InChI=1S/2C19H20N4O2/c1-5-10-25-23-18(24)16-8-6-7-9-17(16)20-19(23)22-14(4)12-15(21-22)11-13(2)3;1-5-10-25-23-18(24)16-8-6-7-9-17(16)20-19(23)22-15(11-13(2)3)12-14(4)21-22/h2*1,6-9,12-13H,10-11H2,2-4H3. The van der Waals surface area contributed by atoms with Crippen molar-refractivity contribution in [3.05, 3.63) is 104 Å². The zero-order valence-electron chi connectivity index (χ0n) is 29.1. The molecule has 256 valence electrons. The summed E-state index contributed by atoms with van der Waals surface area (Å²) in [5.41, 5.74) is 4.19. The van der Waals surface area contributed by atoms with Crippen molar-refractivity contribution in [2.45, 2.75) is 54.4 Å². The monoisotopic (exact) mass is 672 g/mol. The van der Waals surface area contributed by atoms with Crippen molar-refractivity contribution >= 4 is 21.8 Å². The molecule has 2 aromatic carbocycles. The molecule has 50 heavy (non-hydrogen) atoms. The average molecular weight is 673 g/mol. The second-order valence-electron chi connectivity index (χ2n) is 12.6. The fraction of sp³-hybridized carbons (Fsp3) is 0.316. The van der Waals surface area contributed by atoms with Crippen molar-refractivity contribution in [2.24, 2.45) is 11.8 Å². The number of aryl methyl sites for hydroxylation is 2. The summed E-state index contributed by atoms with van der Waals surface area (Å²) in [6.07, 6.45) is 12.2. The summed E-state index contributed by atoms with van der Waals surface area (Å²) >= 11 is 0. The highest BCUT2D eigenvalue weighted by Gasteiger charge is 2.19. The van der Waals surface area contributed by atoms with Gasteiger partial charge in [0.05, 0.1) is 33.2 Å². The van der Waals surface area contributed by atoms with E-state index in [2.05, 4.69) is 59.7 Å². The topological polar surface area (TPSA) is 124 Å². The quantitative estimate of drug-likeness (QED) is 0.198. The van der Waals surface area contributed by atoms with Crippen molar-refractivity contribution < 1.29 is 9.68 Å². The SMILES string of the molecule is C#CCOn1c(-n2nc(C)cc2CC(C)C)nc2ccccc2c1=O.C#CCOn1c(-n2nc(CC(C)C)cc2C)nc2ccccc2c1=O.